The Labute approximate surface area is 82.0 Å². The van der Waals surface area contributed by atoms with Gasteiger partial charge in [0, 0.05) is 5.56 Å². The van der Waals surface area contributed by atoms with Gasteiger partial charge in [-0.3, -0.25) is 4.79 Å². The van der Waals surface area contributed by atoms with Crippen LogP contribution in [0.2, 0.25) is 0 Å². The summed E-state index contributed by atoms with van der Waals surface area (Å²) in [5.41, 5.74) is 1.01. The van der Waals surface area contributed by atoms with E-state index in [9.17, 15) is 9.90 Å². The number of aliphatic carboxylic acids is 1. The van der Waals surface area contributed by atoms with Crippen LogP contribution in [0.15, 0.2) is 24.3 Å². The molecule has 0 unspecified atom stereocenters. The molecule has 0 saturated carbocycles. The van der Waals surface area contributed by atoms with Crippen molar-refractivity contribution >= 4 is 5.97 Å². The van der Waals surface area contributed by atoms with Gasteiger partial charge in [0.15, 0.2) is 0 Å². The number of aliphatic hydroxyl groups excluding tert-OH is 1. The van der Waals surface area contributed by atoms with Crippen molar-refractivity contribution in [1.82, 2.24) is 0 Å². The van der Waals surface area contributed by atoms with E-state index < -0.39 is 12.1 Å². The Morgan fingerprint density at radius 1 is 1.50 bits per heavy atom. The second-order valence-corrected chi connectivity index (χ2v) is 2.85. The molecule has 3 heteroatoms. The van der Waals surface area contributed by atoms with Crippen molar-refractivity contribution in [1.29, 1.82) is 0 Å². The molecule has 0 aliphatic rings. The van der Waals surface area contributed by atoms with Crippen molar-refractivity contribution in [2.24, 2.45) is 0 Å². The lowest BCUT2D eigenvalue weighted by Gasteiger charge is -2.09. The zero-order chi connectivity index (χ0) is 10.6. The maximum absolute atomic E-state index is 10.4. The molecule has 0 fully saturated rings. The van der Waals surface area contributed by atoms with E-state index in [0.717, 1.165) is 0 Å². The standard InChI is InChI=1S/C11H10O3/c1-2-8-5-3-4-6-9(8)10(12)7-11(13)14/h1,3-6,10,12H,7H2,(H,13,14)/t10-/m0/s1. The van der Waals surface area contributed by atoms with Gasteiger partial charge in [-0.25, -0.2) is 0 Å². The van der Waals surface area contributed by atoms with Gasteiger partial charge in [-0.15, -0.1) is 6.42 Å². The summed E-state index contributed by atoms with van der Waals surface area (Å²) in [4.78, 5) is 10.4. The predicted molar refractivity (Wildman–Crippen MR) is 51.6 cm³/mol. The molecule has 0 heterocycles. The van der Waals surface area contributed by atoms with E-state index in [2.05, 4.69) is 5.92 Å². The summed E-state index contributed by atoms with van der Waals surface area (Å²) in [5.74, 6) is 1.35. The number of carboxylic acid groups (broad SMARTS) is 1. The van der Waals surface area contributed by atoms with Crippen LogP contribution in [0.5, 0.6) is 0 Å². The highest BCUT2D eigenvalue weighted by atomic mass is 16.4. The van der Waals surface area contributed by atoms with Crippen molar-refractivity contribution in [2.45, 2.75) is 12.5 Å². The molecule has 0 aromatic heterocycles. The first-order chi connectivity index (χ1) is 6.65. The van der Waals surface area contributed by atoms with Crippen molar-refractivity contribution < 1.29 is 15.0 Å². The second-order valence-electron chi connectivity index (χ2n) is 2.85. The molecule has 1 aromatic rings. The van der Waals surface area contributed by atoms with E-state index in [0.29, 0.717) is 11.1 Å². The number of hydrogen-bond acceptors (Lipinski definition) is 2. The molecule has 1 aromatic carbocycles. The van der Waals surface area contributed by atoms with Crippen LogP contribution in [0.1, 0.15) is 23.7 Å². The lowest BCUT2D eigenvalue weighted by molar-refractivity contribution is -0.139. The molecule has 0 bridgehead atoms. The first kappa shape index (κ1) is 10.3. The molecule has 0 amide bonds. The average molecular weight is 190 g/mol. The Kier molecular flexibility index (Phi) is 3.27. The van der Waals surface area contributed by atoms with Crippen molar-refractivity contribution in [2.75, 3.05) is 0 Å². The molecule has 0 aliphatic carbocycles. The van der Waals surface area contributed by atoms with Crippen LogP contribution in [0.3, 0.4) is 0 Å². The summed E-state index contributed by atoms with van der Waals surface area (Å²) in [6.45, 7) is 0. The van der Waals surface area contributed by atoms with Crippen molar-refractivity contribution in [3.8, 4) is 12.3 Å². The fourth-order valence-corrected chi connectivity index (χ4v) is 1.19. The number of benzene rings is 1. The van der Waals surface area contributed by atoms with Gasteiger partial charge in [-0.05, 0) is 11.6 Å². The Hall–Kier alpha value is -1.79. The minimum atomic E-state index is -1.05. The summed E-state index contributed by atoms with van der Waals surface area (Å²) < 4.78 is 0. The minimum Gasteiger partial charge on any atom is -0.481 e. The molecule has 2 N–H and O–H groups in total. The lowest BCUT2D eigenvalue weighted by atomic mass is 10.0. The summed E-state index contributed by atoms with van der Waals surface area (Å²) in [7, 11) is 0. The van der Waals surface area contributed by atoms with E-state index in [1.807, 2.05) is 0 Å². The van der Waals surface area contributed by atoms with Crippen LogP contribution in [0.4, 0.5) is 0 Å². The van der Waals surface area contributed by atoms with Crippen molar-refractivity contribution in [3.63, 3.8) is 0 Å². The number of aliphatic hydroxyl groups is 1. The molecule has 1 atom stereocenters. The zero-order valence-corrected chi connectivity index (χ0v) is 7.47. The third-order valence-electron chi connectivity index (χ3n) is 1.84. The number of carbonyl (C=O) groups is 1. The highest BCUT2D eigenvalue weighted by Gasteiger charge is 2.14. The third kappa shape index (κ3) is 2.35. The zero-order valence-electron chi connectivity index (χ0n) is 7.47. The van der Waals surface area contributed by atoms with E-state index in [4.69, 9.17) is 11.5 Å². The van der Waals surface area contributed by atoms with Crippen LogP contribution in [0.25, 0.3) is 0 Å². The van der Waals surface area contributed by atoms with Gasteiger partial charge in [0.1, 0.15) is 0 Å². The average Bonchev–Trinajstić information content (AvgIpc) is 2.16. The number of rotatable bonds is 3. The molecule has 14 heavy (non-hydrogen) atoms. The van der Waals surface area contributed by atoms with Crippen LogP contribution in [-0.4, -0.2) is 16.2 Å². The monoisotopic (exact) mass is 190 g/mol. The number of terminal acetylenes is 1. The number of hydrogen-bond donors (Lipinski definition) is 2. The highest BCUT2D eigenvalue weighted by molar-refractivity contribution is 5.68. The van der Waals surface area contributed by atoms with Crippen LogP contribution < -0.4 is 0 Å². The molecule has 72 valence electrons. The van der Waals surface area contributed by atoms with Gasteiger partial charge in [-0.1, -0.05) is 24.1 Å². The van der Waals surface area contributed by atoms with E-state index in [-0.39, 0.29) is 6.42 Å². The van der Waals surface area contributed by atoms with E-state index in [1.54, 1.807) is 24.3 Å². The molecule has 0 aliphatic heterocycles. The van der Waals surface area contributed by atoms with Crippen LogP contribution in [-0.2, 0) is 4.79 Å². The first-order valence-electron chi connectivity index (χ1n) is 4.10. The SMILES string of the molecule is C#Cc1ccccc1[C@@H](O)CC(=O)O. The summed E-state index contributed by atoms with van der Waals surface area (Å²) in [6, 6.07) is 6.75. The highest BCUT2D eigenvalue weighted by Crippen LogP contribution is 2.19. The summed E-state index contributed by atoms with van der Waals surface area (Å²) in [6.07, 6.45) is 3.83. The van der Waals surface area contributed by atoms with Gasteiger partial charge in [0.2, 0.25) is 0 Å². The Morgan fingerprint density at radius 2 is 2.14 bits per heavy atom. The fourth-order valence-electron chi connectivity index (χ4n) is 1.19. The molecule has 0 spiro atoms. The Morgan fingerprint density at radius 3 is 2.71 bits per heavy atom. The first-order valence-corrected chi connectivity index (χ1v) is 4.10. The smallest absolute Gasteiger partial charge is 0.306 e. The molecular formula is C11H10O3. The maximum atomic E-state index is 10.4. The Bertz CT molecular complexity index is 376. The van der Waals surface area contributed by atoms with Gasteiger partial charge in [-0.2, -0.15) is 0 Å². The lowest BCUT2D eigenvalue weighted by Crippen LogP contribution is -2.06. The topological polar surface area (TPSA) is 57.5 Å². The van der Waals surface area contributed by atoms with Gasteiger partial charge in [0.25, 0.3) is 0 Å². The minimum absolute atomic E-state index is 0.335. The van der Waals surface area contributed by atoms with Crippen LogP contribution >= 0.6 is 0 Å². The van der Waals surface area contributed by atoms with E-state index >= 15 is 0 Å². The summed E-state index contributed by atoms with van der Waals surface area (Å²) in [5, 5.41) is 18.0. The molecule has 3 nitrogen and oxygen atoms in total. The Balaban J connectivity index is 2.95. The molecular weight excluding hydrogens is 180 g/mol. The quantitative estimate of drug-likeness (QED) is 0.703. The summed E-state index contributed by atoms with van der Waals surface area (Å²) >= 11 is 0. The maximum Gasteiger partial charge on any atom is 0.306 e. The molecule has 1 rings (SSSR count). The second kappa shape index (κ2) is 4.45. The van der Waals surface area contributed by atoms with Crippen LogP contribution in [0, 0.1) is 12.3 Å². The predicted octanol–water partition coefficient (Wildman–Crippen LogP) is 1.18. The number of carboxylic acids is 1. The van der Waals surface area contributed by atoms with Crippen molar-refractivity contribution in [3.05, 3.63) is 35.4 Å². The normalized spacial score (nSPS) is 11.7. The van der Waals surface area contributed by atoms with Gasteiger partial charge in [0.05, 0.1) is 12.5 Å². The van der Waals surface area contributed by atoms with Gasteiger partial charge < -0.3 is 10.2 Å². The van der Waals surface area contributed by atoms with E-state index in [1.165, 1.54) is 0 Å². The molecule has 0 radical (unpaired) electrons. The van der Waals surface area contributed by atoms with Gasteiger partial charge >= 0.3 is 5.97 Å². The largest absolute Gasteiger partial charge is 0.481 e. The molecule has 0 saturated heterocycles. The third-order valence-corrected chi connectivity index (χ3v) is 1.84. The fraction of sp³-hybridized carbons (Fsp3) is 0.182.